The normalized spacial score (nSPS) is 11.8. The summed E-state index contributed by atoms with van der Waals surface area (Å²) >= 11 is 7.44. The first-order chi connectivity index (χ1) is 11.1. The van der Waals surface area contributed by atoms with Crippen LogP contribution in [0.25, 0.3) is 0 Å². The molecule has 0 fully saturated rings. The Morgan fingerprint density at radius 3 is 2.57 bits per heavy atom. The van der Waals surface area contributed by atoms with Gasteiger partial charge in [-0.3, -0.25) is 4.79 Å². The minimum Gasteiger partial charge on any atom is -0.496 e. The predicted molar refractivity (Wildman–Crippen MR) is 96.2 cm³/mol. The summed E-state index contributed by atoms with van der Waals surface area (Å²) in [4.78, 5) is 13.5. The molecule has 0 aliphatic heterocycles. The Balaban J connectivity index is 1.96. The van der Waals surface area contributed by atoms with Gasteiger partial charge in [-0.2, -0.15) is 0 Å². The number of rotatable bonds is 7. The lowest BCUT2D eigenvalue weighted by Crippen LogP contribution is -2.31. The van der Waals surface area contributed by atoms with E-state index in [9.17, 15) is 4.79 Å². The van der Waals surface area contributed by atoms with Crippen molar-refractivity contribution in [3.63, 3.8) is 0 Å². The van der Waals surface area contributed by atoms with Gasteiger partial charge in [0.2, 0.25) is 5.91 Å². The molecule has 0 bridgehead atoms. The lowest BCUT2D eigenvalue weighted by Gasteiger charge is -2.15. The molecule has 0 saturated carbocycles. The molecular weight excluding hydrogens is 330 g/mol. The first-order valence-electron chi connectivity index (χ1n) is 7.46. The molecule has 2 aromatic rings. The molecule has 122 valence electrons. The van der Waals surface area contributed by atoms with Gasteiger partial charge in [0.05, 0.1) is 12.4 Å². The van der Waals surface area contributed by atoms with E-state index in [4.69, 9.17) is 16.3 Å². The molecule has 3 nitrogen and oxygen atoms in total. The third-order valence-electron chi connectivity index (χ3n) is 3.40. The van der Waals surface area contributed by atoms with Crippen molar-refractivity contribution >= 4 is 29.3 Å². The van der Waals surface area contributed by atoms with Crippen molar-refractivity contribution in [3.8, 4) is 5.75 Å². The van der Waals surface area contributed by atoms with Crippen LogP contribution in [0.3, 0.4) is 0 Å². The topological polar surface area (TPSA) is 38.3 Å². The number of hydrogen-bond donors (Lipinski definition) is 1. The van der Waals surface area contributed by atoms with E-state index < -0.39 is 0 Å². The molecule has 0 aromatic heterocycles. The molecule has 1 atom stereocenters. The Kier molecular flexibility index (Phi) is 6.81. The fraction of sp³-hybridized carbons (Fsp3) is 0.278. The van der Waals surface area contributed by atoms with Gasteiger partial charge in [-0.1, -0.05) is 36.7 Å². The van der Waals surface area contributed by atoms with Crippen LogP contribution in [-0.4, -0.2) is 18.3 Å². The second kappa shape index (κ2) is 8.85. The van der Waals surface area contributed by atoms with Crippen molar-refractivity contribution in [2.75, 3.05) is 7.11 Å². The van der Waals surface area contributed by atoms with Crippen molar-refractivity contribution < 1.29 is 9.53 Å². The zero-order valence-electron chi connectivity index (χ0n) is 13.2. The molecule has 1 N–H and O–H groups in total. The van der Waals surface area contributed by atoms with Gasteiger partial charge in [0, 0.05) is 22.0 Å². The van der Waals surface area contributed by atoms with Gasteiger partial charge < -0.3 is 10.1 Å². The van der Waals surface area contributed by atoms with Crippen LogP contribution in [0.1, 0.15) is 18.9 Å². The van der Waals surface area contributed by atoms with Crippen molar-refractivity contribution in [2.24, 2.45) is 0 Å². The van der Waals surface area contributed by atoms with Crippen molar-refractivity contribution in [3.05, 3.63) is 59.1 Å². The minimum atomic E-state index is -0.133. The van der Waals surface area contributed by atoms with Crippen LogP contribution >= 0.6 is 23.4 Å². The largest absolute Gasteiger partial charge is 0.496 e. The number of thioether (sulfide) groups is 1. The van der Waals surface area contributed by atoms with Crippen LogP contribution in [0, 0.1) is 0 Å². The van der Waals surface area contributed by atoms with E-state index in [1.165, 1.54) is 0 Å². The molecule has 0 radical (unpaired) electrons. The monoisotopic (exact) mass is 349 g/mol. The van der Waals surface area contributed by atoms with E-state index >= 15 is 0 Å². The molecule has 1 unspecified atom stereocenters. The highest BCUT2D eigenvalue weighted by atomic mass is 35.5. The molecule has 0 saturated heterocycles. The number of nitrogens with one attached hydrogen (secondary N) is 1. The number of amides is 1. The first-order valence-corrected chi connectivity index (χ1v) is 8.71. The number of carbonyl (C=O) groups excluding carboxylic acids is 1. The van der Waals surface area contributed by atoms with Gasteiger partial charge in [0.25, 0.3) is 0 Å². The van der Waals surface area contributed by atoms with Gasteiger partial charge in [0.1, 0.15) is 5.75 Å². The van der Waals surface area contributed by atoms with Crippen molar-refractivity contribution in [2.45, 2.75) is 30.0 Å². The number of hydrogen-bond acceptors (Lipinski definition) is 3. The Morgan fingerprint density at radius 1 is 1.22 bits per heavy atom. The third-order valence-corrected chi connectivity index (χ3v) is 5.03. The highest BCUT2D eigenvalue weighted by Crippen LogP contribution is 2.27. The zero-order valence-corrected chi connectivity index (χ0v) is 14.8. The minimum absolute atomic E-state index is 0.0263. The number of halogens is 1. The van der Waals surface area contributed by atoms with E-state index in [0.29, 0.717) is 11.6 Å². The summed E-state index contributed by atoms with van der Waals surface area (Å²) in [5, 5.41) is 3.55. The van der Waals surface area contributed by atoms with Crippen LogP contribution in [0.5, 0.6) is 5.75 Å². The summed E-state index contributed by atoms with van der Waals surface area (Å²) in [5.74, 6) is 0.810. The summed E-state index contributed by atoms with van der Waals surface area (Å²) in [5.41, 5.74) is 0.967. The van der Waals surface area contributed by atoms with E-state index in [1.807, 2.05) is 55.5 Å². The number of ether oxygens (including phenoxy) is 1. The van der Waals surface area contributed by atoms with E-state index in [-0.39, 0.29) is 11.2 Å². The Labute approximate surface area is 146 Å². The van der Waals surface area contributed by atoms with Crippen LogP contribution in [0.15, 0.2) is 53.4 Å². The number of methoxy groups -OCH3 is 1. The fourth-order valence-corrected chi connectivity index (χ4v) is 3.25. The molecule has 5 heteroatoms. The van der Waals surface area contributed by atoms with E-state index in [1.54, 1.807) is 18.9 Å². The molecule has 2 aromatic carbocycles. The number of benzene rings is 2. The molecule has 1 amide bonds. The van der Waals surface area contributed by atoms with Crippen molar-refractivity contribution in [1.82, 2.24) is 5.32 Å². The molecule has 0 aliphatic rings. The van der Waals surface area contributed by atoms with Gasteiger partial charge in [0.15, 0.2) is 0 Å². The summed E-state index contributed by atoms with van der Waals surface area (Å²) in [6, 6.07) is 15.2. The summed E-state index contributed by atoms with van der Waals surface area (Å²) in [7, 11) is 1.63. The average Bonchev–Trinajstić information content (AvgIpc) is 2.59. The third kappa shape index (κ3) is 5.19. The van der Waals surface area contributed by atoms with Crippen LogP contribution < -0.4 is 10.1 Å². The van der Waals surface area contributed by atoms with Crippen molar-refractivity contribution in [1.29, 1.82) is 0 Å². The van der Waals surface area contributed by atoms with Gasteiger partial charge in [-0.15, -0.1) is 11.8 Å². The first kappa shape index (κ1) is 17.7. The molecule has 2 rings (SSSR count). The number of para-hydroxylation sites is 1. The maximum Gasteiger partial charge on any atom is 0.233 e. The number of carbonyl (C=O) groups is 1. The van der Waals surface area contributed by atoms with Gasteiger partial charge >= 0.3 is 0 Å². The highest BCUT2D eigenvalue weighted by molar-refractivity contribution is 8.00. The second-order valence-electron chi connectivity index (χ2n) is 5.00. The highest BCUT2D eigenvalue weighted by Gasteiger charge is 2.18. The Bertz CT molecular complexity index is 646. The molecule has 0 heterocycles. The molecule has 0 spiro atoms. The maximum atomic E-state index is 12.4. The molecule has 23 heavy (non-hydrogen) atoms. The fourth-order valence-electron chi connectivity index (χ4n) is 2.14. The summed E-state index contributed by atoms with van der Waals surface area (Å²) in [6.07, 6.45) is 0.755. The maximum absolute atomic E-state index is 12.4. The summed E-state index contributed by atoms with van der Waals surface area (Å²) in [6.45, 7) is 2.47. The quantitative estimate of drug-likeness (QED) is 0.746. The van der Waals surface area contributed by atoms with Crippen LogP contribution in [0.4, 0.5) is 0 Å². The average molecular weight is 350 g/mol. The Hall–Kier alpha value is -1.65. The van der Waals surface area contributed by atoms with Gasteiger partial charge in [-0.05, 0) is 36.8 Å². The smallest absolute Gasteiger partial charge is 0.233 e. The molecule has 0 aliphatic carbocycles. The van der Waals surface area contributed by atoms with Crippen LogP contribution in [-0.2, 0) is 11.3 Å². The predicted octanol–water partition coefficient (Wildman–Crippen LogP) is 4.54. The zero-order chi connectivity index (χ0) is 16.7. The Morgan fingerprint density at radius 2 is 1.91 bits per heavy atom. The van der Waals surface area contributed by atoms with E-state index in [0.717, 1.165) is 22.6 Å². The van der Waals surface area contributed by atoms with Gasteiger partial charge in [-0.25, -0.2) is 0 Å². The van der Waals surface area contributed by atoms with Crippen LogP contribution in [0.2, 0.25) is 5.02 Å². The lowest BCUT2D eigenvalue weighted by molar-refractivity contribution is -0.120. The van der Waals surface area contributed by atoms with E-state index in [2.05, 4.69) is 5.32 Å². The standard InChI is InChI=1S/C18H20ClNO2S/c1-3-17(23-15-10-8-14(19)9-11-15)18(21)20-12-13-6-4-5-7-16(13)22-2/h4-11,17H,3,12H2,1-2H3,(H,20,21). The second-order valence-corrected chi connectivity index (χ2v) is 6.71. The molecular formula is C18H20ClNO2S. The lowest BCUT2D eigenvalue weighted by atomic mass is 10.2. The summed E-state index contributed by atoms with van der Waals surface area (Å²) < 4.78 is 5.30. The SMILES string of the molecule is CCC(Sc1ccc(Cl)cc1)C(=O)NCc1ccccc1OC.